The van der Waals surface area contributed by atoms with E-state index in [0.717, 1.165) is 12.1 Å². The standard InChI is InChI=1S/C16H14F2O2S/c17-14-9-8-13(11-15(14)18)21(20)10-4-7-16(19)12-5-2-1-3-6-12/h1-3,5-6,8-9,11H,4,7,10H2. The van der Waals surface area contributed by atoms with Gasteiger partial charge in [0.05, 0.1) is 10.8 Å². The Balaban J connectivity index is 1.87. The molecule has 0 N–H and O–H groups in total. The van der Waals surface area contributed by atoms with E-state index < -0.39 is 22.4 Å². The number of Topliss-reactive ketones (excluding diaryl/α,β-unsaturated/α-hetero) is 1. The lowest BCUT2D eigenvalue weighted by Crippen LogP contribution is -2.04. The minimum absolute atomic E-state index is 0.0158. The van der Waals surface area contributed by atoms with Crippen LogP contribution < -0.4 is 0 Å². The van der Waals surface area contributed by atoms with Crippen molar-refractivity contribution < 1.29 is 17.8 Å². The normalized spacial score (nSPS) is 12.1. The number of halogens is 2. The molecule has 2 aromatic rings. The van der Waals surface area contributed by atoms with Crippen LogP contribution in [0.2, 0.25) is 0 Å². The highest BCUT2D eigenvalue weighted by atomic mass is 32.2. The highest BCUT2D eigenvalue weighted by Crippen LogP contribution is 2.14. The summed E-state index contributed by atoms with van der Waals surface area (Å²) in [6.07, 6.45) is 0.707. The molecule has 110 valence electrons. The Morgan fingerprint density at radius 1 is 1.00 bits per heavy atom. The lowest BCUT2D eigenvalue weighted by molar-refractivity contribution is 0.0982. The highest BCUT2D eigenvalue weighted by Gasteiger charge is 2.10. The van der Waals surface area contributed by atoms with Gasteiger partial charge in [0.25, 0.3) is 0 Å². The fraction of sp³-hybridized carbons (Fsp3) is 0.188. The minimum atomic E-state index is -1.43. The van der Waals surface area contributed by atoms with Crippen LogP contribution in [0.25, 0.3) is 0 Å². The van der Waals surface area contributed by atoms with Gasteiger partial charge in [-0.25, -0.2) is 8.78 Å². The van der Waals surface area contributed by atoms with E-state index >= 15 is 0 Å². The summed E-state index contributed by atoms with van der Waals surface area (Å²) in [5, 5.41) is 0. The molecule has 1 unspecified atom stereocenters. The summed E-state index contributed by atoms with van der Waals surface area (Å²) in [5.74, 6) is -1.75. The molecule has 5 heteroatoms. The SMILES string of the molecule is O=C(CCCS(=O)c1ccc(F)c(F)c1)c1ccccc1. The van der Waals surface area contributed by atoms with Crippen LogP contribution in [-0.2, 0) is 10.8 Å². The van der Waals surface area contributed by atoms with E-state index in [1.807, 2.05) is 6.07 Å². The lowest BCUT2D eigenvalue weighted by atomic mass is 10.1. The molecule has 0 aliphatic rings. The summed E-state index contributed by atoms with van der Waals surface area (Å²) in [4.78, 5) is 12.1. The summed E-state index contributed by atoms with van der Waals surface area (Å²) >= 11 is 0. The van der Waals surface area contributed by atoms with E-state index in [-0.39, 0.29) is 22.9 Å². The van der Waals surface area contributed by atoms with Crippen LogP contribution in [0.15, 0.2) is 53.4 Å². The van der Waals surface area contributed by atoms with Crippen LogP contribution >= 0.6 is 0 Å². The molecule has 0 aromatic heterocycles. The third-order valence-electron chi connectivity index (χ3n) is 2.98. The molecule has 2 aromatic carbocycles. The van der Waals surface area contributed by atoms with Gasteiger partial charge in [0.15, 0.2) is 17.4 Å². The Morgan fingerprint density at radius 3 is 2.38 bits per heavy atom. The second-order valence-corrected chi connectivity index (χ2v) is 6.09. The third kappa shape index (κ3) is 4.29. The quantitative estimate of drug-likeness (QED) is 0.762. The summed E-state index contributed by atoms with van der Waals surface area (Å²) in [6.45, 7) is 0. The molecule has 0 saturated heterocycles. The van der Waals surface area contributed by atoms with Gasteiger partial charge in [0.1, 0.15) is 0 Å². The molecule has 1 atom stereocenters. The molecular formula is C16H14F2O2S. The molecule has 2 nitrogen and oxygen atoms in total. The van der Waals surface area contributed by atoms with Crippen molar-refractivity contribution in [1.82, 2.24) is 0 Å². The molecule has 0 aliphatic carbocycles. The largest absolute Gasteiger partial charge is 0.294 e. The van der Waals surface area contributed by atoms with Crippen LogP contribution in [0.3, 0.4) is 0 Å². The van der Waals surface area contributed by atoms with Crippen molar-refractivity contribution in [3.05, 3.63) is 65.7 Å². The molecule has 2 rings (SSSR count). The maximum Gasteiger partial charge on any atom is 0.162 e. The van der Waals surface area contributed by atoms with Gasteiger partial charge < -0.3 is 0 Å². The topological polar surface area (TPSA) is 34.1 Å². The molecule has 0 aliphatic heterocycles. The first-order valence-corrected chi connectivity index (χ1v) is 7.81. The second-order valence-electron chi connectivity index (χ2n) is 4.52. The monoisotopic (exact) mass is 308 g/mol. The van der Waals surface area contributed by atoms with Crippen LogP contribution in [0, 0.1) is 11.6 Å². The molecule has 0 radical (unpaired) electrons. The fourth-order valence-electron chi connectivity index (χ4n) is 1.87. The Kier molecular flexibility index (Phi) is 5.33. The van der Waals surface area contributed by atoms with E-state index in [1.54, 1.807) is 24.3 Å². The van der Waals surface area contributed by atoms with Crippen LogP contribution in [0.5, 0.6) is 0 Å². The van der Waals surface area contributed by atoms with Gasteiger partial charge in [0.2, 0.25) is 0 Å². The third-order valence-corrected chi connectivity index (χ3v) is 4.42. The number of ketones is 1. The molecular weight excluding hydrogens is 294 g/mol. The van der Waals surface area contributed by atoms with Crippen molar-refractivity contribution in [3.63, 3.8) is 0 Å². The first kappa shape index (κ1) is 15.5. The zero-order valence-electron chi connectivity index (χ0n) is 11.2. The van der Waals surface area contributed by atoms with Crippen molar-refractivity contribution in [1.29, 1.82) is 0 Å². The van der Waals surface area contributed by atoms with Gasteiger partial charge in [0, 0.05) is 22.6 Å². The van der Waals surface area contributed by atoms with Crippen LogP contribution in [-0.4, -0.2) is 15.7 Å². The molecule has 21 heavy (non-hydrogen) atoms. The maximum absolute atomic E-state index is 13.0. The predicted molar refractivity (Wildman–Crippen MR) is 77.6 cm³/mol. The fourth-order valence-corrected chi connectivity index (χ4v) is 2.97. The number of benzene rings is 2. The average molecular weight is 308 g/mol. The molecule has 0 heterocycles. The molecule has 0 fully saturated rings. The van der Waals surface area contributed by atoms with Gasteiger partial charge in [-0.15, -0.1) is 0 Å². The summed E-state index contributed by atoms with van der Waals surface area (Å²) in [7, 11) is -1.43. The second kappa shape index (κ2) is 7.22. The zero-order valence-corrected chi connectivity index (χ0v) is 12.0. The zero-order chi connectivity index (χ0) is 15.2. The Labute approximate surface area is 124 Å². The van der Waals surface area contributed by atoms with Crippen molar-refractivity contribution >= 4 is 16.6 Å². The number of rotatable bonds is 6. The van der Waals surface area contributed by atoms with Crippen molar-refractivity contribution in [2.75, 3.05) is 5.75 Å². The van der Waals surface area contributed by atoms with E-state index in [4.69, 9.17) is 0 Å². The summed E-state index contributed by atoms with van der Waals surface area (Å²) < 4.78 is 37.8. The van der Waals surface area contributed by atoms with E-state index in [0.29, 0.717) is 12.0 Å². The predicted octanol–water partition coefficient (Wildman–Crippen LogP) is 3.74. The van der Waals surface area contributed by atoms with Gasteiger partial charge >= 0.3 is 0 Å². The Bertz CT molecular complexity index is 657. The molecule has 0 amide bonds. The first-order valence-electron chi connectivity index (χ1n) is 6.49. The van der Waals surface area contributed by atoms with Crippen molar-refractivity contribution in [2.24, 2.45) is 0 Å². The lowest BCUT2D eigenvalue weighted by Gasteiger charge is -2.03. The molecule has 0 saturated carbocycles. The minimum Gasteiger partial charge on any atom is -0.294 e. The molecule has 0 spiro atoms. The average Bonchev–Trinajstić information content (AvgIpc) is 2.50. The molecule has 0 bridgehead atoms. The Morgan fingerprint density at radius 2 is 1.71 bits per heavy atom. The van der Waals surface area contributed by atoms with Gasteiger partial charge in [-0.3, -0.25) is 9.00 Å². The van der Waals surface area contributed by atoms with E-state index in [2.05, 4.69) is 0 Å². The number of hydrogen-bond donors (Lipinski definition) is 0. The first-order chi connectivity index (χ1) is 10.1. The van der Waals surface area contributed by atoms with E-state index in [9.17, 15) is 17.8 Å². The summed E-state index contributed by atoms with van der Waals surface area (Å²) in [6, 6.07) is 12.0. The smallest absolute Gasteiger partial charge is 0.162 e. The number of carbonyl (C=O) groups excluding carboxylic acids is 1. The summed E-state index contributed by atoms with van der Waals surface area (Å²) in [5.41, 5.74) is 0.621. The number of hydrogen-bond acceptors (Lipinski definition) is 2. The van der Waals surface area contributed by atoms with Crippen molar-refractivity contribution in [3.8, 4) is 0 Å². The highest BCUT2D eigenvalue weighted by molar-refractivity contribution is 7.85. The van der Waals surface area contributed by atoms with Crippen molar-refractivity contribution in [2.45, 2.75) is 17.7 Å². The Hall–Kier alpha value is -1.88. The van der Waals surface area contributed by atoms with E-state index in [1.165, 1.54) is 6.07 Å². The van der Waals surface area contributed by atoms with Crippen LogP contribution in [0.1, 0.15) is 23.2 Å². The van der Waals surface area contributed by atoms with Gasteiger partial charge in [-0.2, -0.15) is 0 Å². The van der Waals surface area contributed by atoms with Gasteiger partial charge in [-0.1, -0.05) is 30.3 Å². The number of carbonyl (C=O) groups is 1. The van der Waals surface area contributed by atoms with Gasteiger partial charge in [-0.05, 0) is 24.6 Å². The van der Waals surface area contributed by atoms with Crippen LogP contribution in [0.4, 0.5) is 8.78 Å². The maximum atomic E-state index is 13.0.